The smallest absolute Gasteiger partial charge is 0.226 e. The average Bonchev–Trinajstić information content (AvgIpc) is 3.03. The summed E-state index contributed by atoms with van der Waals surface area (Å²) >= 11 is 0. The van der Waals surface area contributed by atoms with E-state index in [0.29, 0.717) is 23.8 Å². The van der Waals surface area contributed by atoms with Crippen molar-refractivity contribution in [3.8, 4) is 5.75 Å². The molecule has 3 aliphatic rings. The molecule has 0 radical (unpaired) electrons. The van der Waals surface area contributed by atoms with Crippen molar-refractivity contribution >= 4 is 5.91 Å². The zero-order chi connectivity index (χ0) is 21.2. The van der Waals surface area contributed by atoms with E-state index in [1.165, 1.54) is 5.56 Å². The molecule has 1 aromatic carbocycles. The van der Waals surface area contributed by atoms with Gasteiger partial charge in [-0.05, 0) is 68.1 Å². The number of fused-ring (bicyclic) bond motifs is 2. The predicted molar refractivity (Wildman–Crippen MR) is 114 cm³/mol. The summed E-state index contributed by atoms with van der Waals surface area (Å²) in [5.41, 5.74) is 7.04. The molecule has 1 amide bonds. The molecule has 2 atom stereocenters. The van der Waals surface area contributed by atoms with Crippen molar-refractivity contribution in [1.82, 2.24) is 5.32 Å². The molecule has 0 saturated heterocycles. The molecule has 3 N–H and O–H groups in total. The van der Waals surface area contributed by atoms with E-state index in [2.05, 4.69) is 17.4 Å². The van der Waals surface area contributed by atoms with Crippen LogP contribution in [0.3, 0.4) is 0 Å². The highest BCUT2D eigenvalue weighted by Crippen LogP contribution is 2.59. The van der Waals surface area contributed by atoms with Gasteiger partial charge in [0.2, 0.25) is 5.91 Å². The van der Waals surface area contributed by atoms with E-state index in [1.54, 1.807) is 7.11 Å². The van der Waals surface area contributed by atoms with Gasteiger partial charge in [-0.15, -0.1) is 0 Å². The summed E-state index contributed by atoms with van der Waals surface area (Å²) < 4.78 is 23.6. The highest BCUT2D eigenvalue weighted by molar-refractivity contribution is 5.84. The zero-order valence-corrected chi connectivity index (χ0v) is 17.8. The van der Waals surface area contributed by atoms with Crippen LogP contribution >= 0.6 is 0 Å². The molecule has 3 fully saturated rings. The third-order valence-corrected chi connectivity index (χ3v) is 7.62. The largest absolute Gasteiger partial charge is 0.489 e. The van der Waals surface area contributed by atoms with Crippen molar-refractivity contribution in [3.05, 3.63) is 41.7 Å². The number of nitrogens with one attached hydrogen (secondary N) is 1. The van der Waals surface area contributed by atoms with Gasteiger partial charge in [0.05, 0.1) is 17.8 Å². The summed E-state index contributed by atoms with van der Waals surface area (Å²) in [5.74, 6) is 0.953. The lowest BCUT2D eigenvalue weighted by atomic mass is 9.65. The van der Waals surface area contributed by atoms with Crippen LogP contribution in [0.2, 0.25) is 0 Å². The van der Waals surface area contributed by atoms with E-state index in [0.717, 1.165) is 51.4 Å². The molecule has 0 spiro atoms. The van der Waals surface area contributed by atoms with Gasteiger partial charge in [0, 0.05) is 25.3 Å². The molecule has 0 aliphatic heterocycles. The second-order valence-electron chi connectivity index (χ2n) is 9.38. The Kier molecular flexibility index (Phi) is 6.16. The summed E-state index contributed by atoms with van der Waals surface area (Å²) in [6, 6.07) is 8.40. The van der Waals surface area contributed by atoms with Crippen LogP contribution in [0, 0.1) is 5.41 Å². The first-order valence-electron chi connectivity index (χ1n) is 11.1. The molecule has 0 aromatic heterocycles. The molecular formula is C24H33FN2O3. The Morgan fingerprint density at radius 3 is 2.67 bits per heavy atom. The maximum Gasteiger partial charge on any atom is 0.226 e. The first-order chi connectivity index (χ1) is 14.5. The molecule has 2 bridgehead atoms. The minimum atomic E-state index is -0.229. The van der Waals surface area contributed by atoms with Gasteiger partial charge < -0.3 is 20.5 Å². The number of rotatable bonds is 8. The van der Waals surface area contributed by atoms with Crippen molar-refractivity contribution in [2.45, 2.75) is 68.9 Å². The summed E-state index contributed by atoms with van der Waals surface area (Å²) in [6.45, 7) is 0.306. The summed E-state index contributed by atoms with van der Waals surface area (Å²) in [6.07, 6.45) is 8.78. The number of carbonyl (C=O) groups excluding carboxylic acids is 1. The van der Waals surface area contributed by atoms with E-state index in [-0.39, 0.29) is 35.9 Å². The van der Waals surface area contributed by atoms with Gasteiger partial charge >= 0.3 is 0 Å². The van der Waals surface area contributed by atoms with E-state index in [9.17, 15) is 9.18 Å². The fourth-order valence-electron chi connectivity index (χ4n) is 5.62. The normalized spacial score (nSPS) is 33.1. The average molecular weight is 417 g/mol. The number of ether oxygens (including phenoxy) is 2. The van der Waals surface area contributed by atoms with Crippen LogP contribution in [0.15, 0.2) is 36.2 Å². The zero-order valence-electron chi connectivity index (χ0n) is 17.8. The number of hydrogen-bond donors (Lipinski definition) is 2. The lowest BCUT2D eigenvalue weighted by Crippen LogP contribution is -2.52. The van der Waals surface area contributed by atoms with Crippen molar-refractivity contribution in [1.29, 1.82) is 0 Å². The minimum Gasteiger partial charge on any atom is -0.489 e. The van der Waals surface area contributed by atoms with Crippen molar-refractivity contribution in [2.24, 2.45) is 11.1 Å². The number of nitrogens with two attached hydrogens (primary N) is 1. The number of hydrogen-bond acceptors (Lipinski definition) is 4. The lowest BCUT2D eigenvalue weighted by Gasteiger charge is -2.41. The van der Waals surface area contributed by atoms with Gasteiger partial charge in [-0.25, -0.2) is 4.39 Å². The second kappa shape index (κ2) is 8.67. The van der Waals surface area contributed by atoms with Gasteiger partial charge in [0.25, 0.3) is 0 Å². The Morgan fingerprint density at radius 1 is 1.23 bits per heavy atom. The SMILES string of the molecule is CO[C@H]1C[C@@H](NC(=O)C23CCCC(c4ccc(OC/C(=C/F)CN)cc4)(CC2)C3)C1. The Morgan fingerprint density at radius 2 is 2.00 bits per heavy atom. The van der Waals surface area contributed by atoms with E-state index in [1.807, 2.05) is 12.1 Å². The Hall–Kier alpha value is -1.92. The maximum absolute atomic E-state index is 13.2. The molecule has 3 saturated carbocycles. The predicted octanol–water partition coefficient (Wildman–Crippen LogP) is 3.76. The number of amides is 1. The Bertz CT molecular complexity index is 790. The quantitative estimate of drug-likeness (QED) is 0.677. The fraction of sp³-hybridized carbons (Fsp3) is 0.625. The third kappa shape index (κ3) is 4.00. The van der Waals surface area contributed by atoms with Crippen LogP contribution in [0.1, 0.15) is 56.9 Å². The highest BCUT2D eigenvalue weighted by atomic mass is 19.1. The number of benzene rings is 1. The van der Waals surface area contributed by atoms with Crippen LogP contribution in [-0.2, 0) is 14.9 Å². The summed E-state index contributed by atoms with van der Waals surface area (Å²) in [7, 11) is 1.74. The molecule has 30 heavy (non-hydrogen) atoms. The molecule has 5 nitrogen and oxygen atoms in total. The minimum absolute atomic E-state index is 0.0735. The van der Waals surface area contributed by atoms with Crippen LogP contribution in [0.5, 0.6) is 5.75 Å². The van der Waals surface area contributed by atoms with Crippen molar-refractivity contribution in [3.63, 3.8) is 0 Å². The van der Waals surface area contributed by atoms with Gasteiger partial charge in [-0.1, -0.05) is 18.6 Å². The molecule has 2 unspecified atom stereocenters. The third-order valence-electron chi connectivity index (χ3n) is 7.62. The molecular weight excluding hydrogens is 383 g/mol. The monoisotopic (exact) mass is 416 g/mol. The number of methoxy groups -OCH3 is 1. The highest BCUT2D eigenvalue weighted by Gasteiger charge is 2.55. The van der Waals surface area contributed by atoms with Gasteiger partial charge in [0.15, 0.2) is 0 Å². The van der Waals surface area contributed by atoms with Crippen molar-refractivity contribution < 1.29 is 18.7 Å². The first kappa shape index (κ1) is 21.3. The fourth-order valence-corrected chi connectivity index (χ4v) is 5.62. The van der Waals surface area contributed by atoms with Crippen LogP contribution in [0.25, 0.3) is 0 Å². The van der Waals surface area contributed by atoms with Crippen LogP contribution in [0.4, 0.5) is 4.39 Å². The van der Waals surface area contributed by atoms with E-state index in [4.69, 9.17) is 15.2 Å². The molecule has 1 aromatic rings. The van der Waals surface area contributed by atoms with Crippen LogP contribution < -0.4 is 15.8 Å². The first-order valence-corrected chi connectivity index (χ1v) is 11.1. The van der Waals surface area contributed by atoms with Crippen LogP contribution in [-0.4, -0.2) is 38.3 Å². The maximum atomic E-state index is 13.2. The summed E-state index contributed by atoms with van der Waals surface area (Å²) in [4.78, 5) is 13.2. The lowest BCUT2D eigenvalue weighted by molar-refractivity contribution is -0.134. The molecule has 4 rings (SSSR count). The Balaban J connectivity index is 1.40. The molecule has 3 aliphatic carbocycles. The van der Waals surface area contributed by atoms with Crippen molar-refractivity contribution in [2.75, 3.05) is 20.3 Å². The number of halogens is 1. The molecule has 0 heterocycles. The topological polar surface area (TPSA) is 73.6 Å². The summed E-state index contributed by atoms with van der Waals surface area (Å²) in [5, 5.41) is 3.30. The van der Waals surface area contributed by atoms with E-state index < -0.39 is 0 Å². The number of carbonyl (C=O) groups is 1. The van der Waals surface area contributed by atoms with Gasteiger partial charge in [0.1, 0.15) is 12.4 Å². The van der Waals surface area contributed by atoms with Gasteiger partial charge in [-0.3, -0.25) is 4.79 Å². The molecule has 164 valence electrons. The second-order valence-corrected chi connectivity index (χ2v) is 9.38. The molecule has 6 heteroatoms. The van der Waals surface area contributed by atoms with Gasteiger partial charge in [-0.2, -0.15) is 0 Å². The standard InChI is InChI=1S/C24H33FN2O3/c1-29-21-11-19(12-21)27-22(28)24-8-2-7-23(16-24,9-10-24)18-3-5-20(6-4-18)30-15-17(13-25)14-26/h3-6,13,19,21H,2,7-12,14-16,26H2,1H3,(H,27,28)/b17-13+/t19-,21+,23?,24?. The Labute approximate surface area is 178 Å². The van der Waals surface area contributed by atoms with E-state index >= 15 is 0 Å².